The predicted octanol–water partition coefficient (Wildman–Crippen LogP) is 3.34. The Morgan fingerprint density at radius 2 is 2.17 bits per heavy atom. The minimum Gasteiger partial charge on any atom is -0.492 e. The number of carbonyl (C=O) groups is 1. The van der Waals surface area contributed by atoms with E-state index >= 15 is 0 Å². The number of anilines is 1. The van der Waals surface area contributed by atoms with Crippen LogP contribution in [0.4, 0.5) is 5.69 Å². The van der Waals surface area contributed by atoms with Crippen LogP contribution >= 0.6 is 23.3 Å². The Balaban J connectivity index is 1.23. The summed E-state index contributed by atoms with van der Waals surface area (Å²) >= 11 is 3.00. The number of rotatable bonds is 4. The van der Waals surface area contributed by atoms with Crippen LogP contribution in [0.2, 0.25) is 0 Å². The molecule has 2 aromatic heterocycles. The standard InChI is InChI=1S/C21H23N5O2S2/c1-11-12(2)24-25-21-16(11)17(22)19(29-21)20(27)23-14-9-26(10-14)30-15-7-3-5-13-6-4-8-28-18(13)15/h3,5,7,14H,4,6,8-10,22H2,1-2H3,(H,23,27). The maximum absolute atomic E-state index is 12.8. The number of carbonyl (C=O) groups excluding carboxylic acids is 1. The number of fused-ring (bicyclic) bond motifs is 2. The fourth-order valence-electron chi connectivity index (χ4n) is 3.83. The molecular weight excluding hydrogens is 418 g/mol. The van der Waals surface area contributed by atoms with E-state index in [9.17, 15) is 4.79 Å². The molecule has 2 aliphatic rings. The van der Waals surface area contributed by atoms with E-state index in [0.29, 0.717) is 15.4 Å². The first kappa shape index (κ1) is 19.6. The molecule has 4 heterocycles. The van der Waals surface area contributed by atoms with Crippen molar-refractivity contribution >= 4 is 45.1 Å². The second kappa shape index (κ2) is 7.72. The largest absolute Gasteiger partial charge is 0.492 e. The van der Waals surface area contributed by atoms with Gasteiger partial charge in [0, 0.05) is 18.5 Å². The van der Waals surface area contributed by atoms with Crippen LogP contribution in [-0.4, -0.2) is 46.1 Å². The molecular formula is C21H23N5O2S2. The van der Waals surface area contributed by atoms with Gasteiger partial charge in [-0.3, -0.25) is 4.79 Å². The summed E-state index contributed by atoms with van der Waals surface area (Å²) in [5, 5.41) is 12.3. The lowest BCUT2D eigenvalue weighted by Gasteiger charge is -2.38. The molecule has 0 aliphatic carbocycles. The fraction of sp³-hybridized carbons (Fsp3) is 0.381. The molecule has 30 heavy (non-hydrogen) atoms. The van der Waals surface area contributed by atoms with E-state index in [1.165, 1.54) is 16.9 Å². The molecule has 1 fully saturated rings. The topological polar surface area (TPSA) is 93.4 Å². The number of aryl methyl sites for hydroxylation is 3. The third-order valence-electron chi connectivity index (χ3n) is 5.65. The van der Waals surface area contributed by atoms with Crippen LogP contribution in [0.15, 0.2) is 23.1 Å². The summed E-state index contributed by atoms with van der Waals surface area (Å²) in [5.74, 6) is 0.883. The van der Waals surface area contributed by atoms with E-state index in [0.717, 1.165) is 59.8 Å². The van der Waals surface area contributed by atoms with Crippen LogP contribution < -0.4 is 15.8 Å². The first-order valence-corrected chi connectivity index (χ1v) is 11.6. The molecule has 0 saturated carbocycles. The minimum absolute atomic E-state index is 0.101. The summed E-state index contributed by atoms with van der Waals surface area (Å²) in [7, 11) is 0. The van der Waals surface area contributed by atoms with Gasteiger partial charge < -0.3 is 15.8 Å². The SMILES string of the molecule is Cc1nnc2sc(C(=O)NC3CN(Sc4cccc5c4OCCC5)C3)c(N)c2c1C. The molecule has 0 bridgehead atoms. The predicted molar refractivity (Wildman–Crippen MR) is 120 cm³/mol. The van der Waals surface area contributed by atoms with Gasteiger partial charge in [0.05, 0.1) is 28.9 Å². The zero-order valence-electron chi connectivity index (χ0n) is 16.9. The number of nitrogens with zero attached hydrogens (tertiary/aromatic N) is 3. The van der Waals surface area contributed by atoms with Crippen molar-refractivity contribution < 1.29 is 9.53 Å². The molecule has 0 radical (unpaired) electrons. The number of para-hydroxylation sites is 1. The Hall–Kier alpha value is -2.36. The van der Waals surface area contributed by atoms with Crippen molar-refractivity contribution in [2.45, 2.75) is 37.6 Å². The van der Waals surface area contributed by atoms with Crippen molar-refractivity contribution in [3.05, 3.63) is 39.9 Å². The van der Waals surface area contributed by atoms with Gasteiger partial charge in [-0.1, -0.05) is 12.1 Å². The van der Waals surface area contributed by atoms with Crippen LogP contribution in [0, 0.1) is 13.8 Å². The van der Waals surface area contributed by atoms with Crippen molar-refractivity contribution in [1.29, 1.82) is 0 Å². The smallest absolute Gasteiger partial charge is 0.263 e. The molecule has 9 heteroatoms. The van der Waals surface area contributed by atoms with Gasteiger partial charge in [0.1, 0.15) is 15.5 Å². The van der Waals surface area contributed by atoms with Gasteiger partial charge in [-0.25, -0.2) is 4.31 Å². The molecule has 3 N–H and O–H groups in total. The summed E-state index contributed by atoms with van der Waals surface area (Å²) in [4.78, 5) is 15.2. The Morgan fingerprint density at radius 3 is 3.00 bits per heavy atom. The van der Waals surface area contributed by atoms with Gasteiger partial charge in [0.25, 0.3) is 5.91 Å². The van der Waals surface area contributed by atoms with Crippen LogP contribution in [0.25, 0.3) is 10.2 Å². The third-order valence-corrected chi connectivity index (χ3v) is 7.81. The van der Waals surface area contributed by atoms with Gasteiger partial charge >= 0.3 is 0 Å². The summed E-state index contributed by atoms with van der Waals surface area (Å²) < 4.78 is 8.13. The van der Waals surface area contributed by atoms with E-state index in [4.69, 9.17) is 10.5 Å². The van der Waals surface area contributed by atoms with Gasteiger partial charge in [-0.05, 0) is 55.8 Å². The Labute approximate surface area is 183 Å². The van der Waals surface area contributed by atoms with Gasteiger partial charge in [0.15, 0.2) is 0 Å². The second-order valence-corrected chi connectivity index (χ2v) is 9.88. The van der Waals surface area contributed by atoms with Gasteiger partial charge in [-0.2, -0.15) is 5.10 Å². The van der Waals surface area contributed by atoms with Crippen molar-refractivity contribution in [1.82, 2.24) is 19.8 Å². The Kier molecular flexibility index (Phi) is 5.04. The summed E-state index contributed by atoms with van der Waals surface area (Å²) in [6, 6.07) is 6.43. The number of benzene rings is 1. The summed E-state index contributed by atoms with van der Waals surface area (Å²) in [6.07, 6.45) is 2.15. The highest BCUT2D eigenvalue weighted by atomic mass is 32.2. The minimum atomic E-state index is -0.136. The average molecular weight is 442 g/mol. The first-order valence-electron chi connectivity index (χ1n) is 10.0. The van der Waals surface area contributed by atoms with E-state index in [2.05, 4.69) is 38.0 Å². The molecule has 3 aromatic rings. The maximum Gasteiger partial charge on any atom is 0.263 e. The number of nitrogens with two attached hydrogens (primary N) is 1. The molecule has 0 atom stereocenters. The summed E-state index contributed by atoms with van der Waals surface area (Å²) in [6.45, 7) is 6.20. The molecule has 2 aliphatic heterocycles. The fourth-order valence-corrected chi connectivity index (χ4v) is 6.04. The highest BCUT2D eigenvalue weighted by Gasteiger charge is 2.31. The third kappa shape index (κ3) is 3.40. The molecule has 1 amide bonds. The molecule has 1 saturated heterocycles. The van der Waals surface area contributed by atoms with Crippen LogP contribution in [0.5, 0.6) is 5.75 Å². The number of nitrogens with one attached hydrogen (secondary N) is 1. The second-order valence-electron chi connectivity index (χ2n) is 7.74. The van der Waals surface area contributed by atoms with E-state index in [1.807, 2.05) is 13.8 Å². The number of aromatic nitrogens is 2. The molecule has 156 valence electrons. The van der Waals surface area contributed by atoms with Crippen molar-refractivity contribution in [3.63, 3.8) is 0 Å². The zero-order chi connectivity index (χ0) is 20.8. The molecule has 0 unspecified atom stereocenters. The number of nitrogen functional groups attached to an aromatic ring is 1. The Morgan fingerprint density at radius 1 is 1.33 bits per heavy atom. The van der Waals surface area contributed by atoms with E-state index in [1.54, 1.807) is 11.9 Å². The summed E-state index contributed by atoms with van der Waals surface area (Å²) in [5.41, 5.74) is 9.89. The van der Waals surface area contributed by atoms with Crippen LogP contribution in [0.1, 0.15) is 32.9 Å². The lowest BCUT2D eigenvalue weighted by atomic mass is 10.1. The number of thiophene rings is 1. The highest BCUT2D eigenvalue weighted by Crippen LogP contribution is 2.39. The van der Waals surface area contributed by atoms with E-state index in [-0.39, 0.29) is 11.9 Å². The molecule has 5 rings (SSSR count). The number of hydrogen-bond acceptors (Lipinski definition) is 8. The quantitative estimate of drug-likeness (QED) is 0.600. The maximum atomic E-state index is 12.8. The lowest BCUT2D eigenvalue weighted by Crippen LogP contribution is -2.56. The lowest BCUT2D eigenvalue weighted by molar-refractivity contribution is 0.0906. The normalized spacial score (nSPS) is 16.7. The molecule has 0 spiro atoms. The average Bonchev–Trinajstić information content (AvgIpc) is 3.06. The molecule has 1 aromatic carbocycles. The highest BCUT2D eigenvalue weighted by molar-refractivity contribution is 7.97. The molecule has 7 nitrogen and oxygen atoms in total. The van der Waals surface area contributed by atoms with Gasteiger partial charge in [-0.15, -0.1) is 16.4 Å². The van der Waals surface area contributed by atoms with Crippen molar-refractivity contribution in [2.24, 2.45) is 0 Å². The Bertz CT molecular complexity index is 1140. The first-order chi connectivity index (χ1) is 14.5. The van der Waals surface area contributed by atoms with E-state index < -0.39 is 0 Å². The zero-order valence-corrected chi connectivity index (χ0v) is 18.5. The number of ether oxygens (including phenoxy) is 1. The van der Waals surface area contributed by atoms with Crippen molar-refractivity contribution in [3.8, 4) is 5.75 Å². The van der Waals surface area contributed by atoms with Gasteiger partial charge in [0.2, 0.25) is 0 Å². The van der Waals surface area contributed by atoms with Crippen LogP contribution in [0.3, 0.4) is 0 Å². The number of amides is 1. The van der Waals surface area contributed by atoms with Crippen LogP contribution in [-0.2, 0) is 6.42 Å². The van der Waals surface area contributed by atoms with Crippen molar-refractivity contribution in [2.75, 3.05) is 25.4 Å². The number of hydrogen-bond donors (Lipinski definition) is 2. The monoisotopic (exact) mass is 441 g/mol.